The zero-order valence-electron chi connectivity index (χ0n) is 9.66. The normalized spacial score (nSPS) is 23.8. The minimum atomic E-state index is -0.824. The lowest BCUT2D eigenvalue weighted by Crippen LogP contribution is -2.50. The molecular formula is C10H19N3O3. The van der Waals surface area contributed by atoms with Crippen LogP contribution in [-0.4, -0.2) is 37.2 Å². The number of carbonyl (C=O) groups is 2. The first-order valence-corrected chi connectivity index (χ1v) is 5.44. The van der Waals surface area contributed by atoms with Crippen LogP contribution in [0.3, 0.4) is 0 Å². The van der Waals surface area contributed by atoms with E-state index >= 15 is 0 Å². The largest absolute Gasteiger partial charge is 0.381 e. The molecule has 3 amide bonds. The number of hydrogen-bond acceptors (Lipinski definition) is 4. The maximum atomic E-state index is 11.4. The van der Waals surface area contributed by atoms with Crippen LogP contribution >= 0.6 is 0 Å². The van der Waals surface area contributed by atoms with Gasteiger partial charge >= 0.3 is 6.03 Å². The molecule has 0 bridgehead atoms. The van der Waals surface area contributed by atoms with E-state index in [2.05, 4.69) is 5.32 Å². The summed E-state index contributed by atoms with van der Waals surface area (Å²) < 4.78 is 5.27. The van der Waals surface area contributed by atoms with E-state index in [1.807, 2.05) is 12.2 Å². The van der Waals surface area contributed by atoms with Crippen LogP contribution in [0.5, 0.6) is 0 Å². The lowest BCUT2D eigenvalue weighted by molar-refractivity contribution is -0.121. The number of amides is 3. The second kappa shape index (κ2) is 5.81. The topological polar surface area (TPSA) is 93.4 Å². The van der Waals surface area contributed by atoms with Gasteiger partial charge in [0.2, 0.25) is 5.91 Å². The molecule has 0 saturated carbocycles. The molecule has 1 saturated heterocycles. The molecule has 6 nitrogen and oxygen atoms in total. The second-order valence-electron chi connectivity index (χ2n) is 4.15. The Morgan fingerprint density at radius 3 is 2.62 bits per heavy atom. The van der Waals surface area contributed by atoms with Crippen molar-refractivity contribution < 1.29 is 14.3 Å². The lowest BCUT2D eigenvalue weighted by Gasteiger charge is -2.23. The minimum Gasteiger partial charge on any atom is -0.381 e. The number of urea groups is 1. The van der Waals surface area contributed by atoms with Crippen LogP contribution in [0, 0.1) is 5.92 Å². The molecule has 92 valence electrons. The van der Waals surface area contributed by atoms with E-state index in [0.29, 0.717) is 5.92 Å². The molecule has 3 atom stereocenters. The highest BCUT2D eigenvalue weighted by molar-refractivity contribution is 5.96. The molecule has 0 spiro atoms. The van der Waals surface area contributed by atoms with Crippen LogP contribution in [0.1, 0.15) is 20.3 Å². The third-order valence-electron chi connectivity index (χ3n) is 2.82. The summed E-state index contributed by atoms with van der Waals surface area (Å²) in [6.07, 6.45) is 0.998. The zero-order valence-corrected chi connectivity index (χ0v) is 9.66. The van der Waals surface area contributed by atoms with Crippen molar-refractivity contribution in [2.75, 3.05) is 13.2 Å². The van der Waals surface area contributed by atoms with Crippen molar-refractivity contribution in [1.29, 1.82) is 0 Å². The molecule has 16 heavy (non-hydrogen) atoms. The van der Waals surface area contributed by atoms with Crippen molar-refractivity contribution in [3.8, 4) is 0 Å². The third kappa shape index (κ3) is 3.79. The monoisotopic (exact) mass is 229 g/mol. The predicted molar refractivity (Wildman–Crippen MR) is 58.7 cm³/mol. The van der Waals surface area contributed by atoms with Gasteiger partial charge in [0, 0.05) is 12.6 Å². The van der Waals surface area contributed by atoms with Gasteiger partial charge in [0.05, 0.1) is 12.6 Å². The maximum absolute atomic E-state index is 11.4. The summed E-state index contributed by atoms with van der Waals surface area (Å²) in [5, 5.41) is 5.17. The fraction of sp³-hybridized carbons (Fsp3) is 0.800. The Kier molecular flexibility index (Phi) is 4.70. The molecule has 1 aliphatic heterocycles. The predicted octanol–water partition coefficient (Wildman–Crippen LogP) is -0.416. The number of nitrogens with two attached hydrogens (primary N) is 1. The molecule has 3 unspecified atom stereocenters. The van der Waals surface area contributed by atoms with Gasteiger partial charge in [-0.15, -0.1) is 0 Å². The molecule has 1 aliphatic rings. The van der Waals surface area contributed by atoms with E-state index in [1.165, 1.54) is 0 Å². The van der Waals surface area contributed by atoms with Gasteiger partial charge in [-0.05, 0) is 26.2 Å². The van der Waals surface area contributed by atoms with Crippen molar-refractivity contribution in [3.05, 3.63) is 0 Å². The smallest absolute Gasteiger partial charge is 0.318 e. The Balaban J connectivity index is 2.34. The summed E-state index contributed by atoms with van der Waals surface area (Å²) in [6.45, 7) is 5.20. The van der Waals surface area contributed by atoms with Crippen LogP contribution in [0.4, 0.5) is 4.79 Å². The molecule has 0 aromatic carbocycles. The summed E-state index contributed by atoms with van der Waals surface area (Å²) in [6, 6.07) is -1.09. The first kappa shape index (κ1) is 12.9. The lowest BCUT2D eigenvalue weighted by atomic mass is 10.00. The van der Waals surface area contributed by atoms with Crippen LogP contribution < -0.4 is 16.4 Å². The number of carbonyl (C=O) groups excluding carboxylic acids is 2. The first-order valence-electron chi connectivity index (χ1n) is 5.44. The minimum absolute atomic E-state index is 0.177. The Morgan fingerprint density at radius 1 is 1.44 bits per heavy atom. The van der Waals surface area contributed by atoms with E-state index in [-0.39, 0.29) is 6.04 Å². The summed E-state index contributed by atoms with van der Waals surface area (Å²) in [4.78, 5) is 21.9. The summed E-state index contributed by atoms with van der Waals surface area (Å²) >= 11 is 0. The highest BCUT2D eigenvalue weighted by Gasteiger charge is 2.25. The standard InChI is InChI=1S/C10H19N3O3/c1-6(8-3-4-16-5-8)12-7(2)9(14)13-10(11)15/h6-8,12H,3-5H2,1-2H3,(H3,11,13,14,15). The Labute approximate surface area is 94.9 Å². The van der Waals surface area contributed by atoms with Crippen LogP contribution in [0.2, 0.25) is 0 Å². The first-order chi connectivity index (χ1) is 7.50. The van der Waals surface area contributed by atoms with Crippen molar-refractivity contribution in [2.24, 2.45) is 11.7 Å². The van der Waals surface area contributed by atoms with Gasteiger partial charge in [-0.1, -0.05) is 0 Å². The van der Waals surface area contributed by atoms with E-state index in [4.69, 9.17) is 10.5 Å². The number of hydrogen-bond donors (Lipinski definition) is 3. The molecular weight excluding hydrogens is 210 g/mol. The number of ether oxygens (including phenoxy) is 1. The highest BCUT2D eigenvalue weighted by Crippen LogP contribution is 2.16. The van der Waals surface area contributed by atoms with Gasteiger partial charge in [-0.2, -0.15) is 0 Å². The number of rotatable bonds is 4. The molecule has 6 heteroatoms. The highest BCUT2D eigenvalue weighted by atomic mass is 16.5. The van der Waals surface area contributed by atoms with Crippen molar-refractivity contribution in [1.82, 2.24) is 10.6 Å². The maximum Gasteiger partial charge on any atom is 0.318 e. The van der Waals surface area contributed by atoms with Crippen LogP contribution in [0.25, 0.3) is 0 Å². The van der Waals surface area contributed by atoms with Gasteiger partial charge in [-0.3, -0.25) is 10.1 Å². The summed E-state index contributed by atoms with van der Waals surface area (Å²) in [5.74, 6) is 0.0158. The third-order valence-corrected chi connectivity index (χ3v) is 2.82. The number of primary amides is 1. The van der Waals surface area contributed by atoms with E-state index < -0.39 is 18.0 Å². The molecule has 1 fully saturated rings. The van der Waals surface area contributed by atoms with E-state index in [1.54, 1.807) is 6.92 Å². The Hall–Kier alpha value is -1.14. The zero-order chi connectivity index (χ0) is 12.1. The molecule has 0 radical (unpaired) electrons. The Bertz CT molecular complexity index is 264. The number of imide groups is 1. The molecule has 4 N–H and O–H groups in total. The van der Waals surface area contributed by atoms with Crippen molar-refractivity contribution in [3.63, 3.8) is 0 Å². The average molecular weight is 229 g/mol. The van der Waals surface area contributed by atoms with Gasteiger partial charge in [0.1, 0.15) is 0 Å². The average Bonchev–Trinajstić information content (AvgIpc) is 2.68. The molecule has 0 aromatic heterocycles. The van der Waals surface area contributed by atoms with Crippen LogP contribution in [-0.2, 0) is 9.53 Å². The van der Waals surface area contributed by atoms with E-state index in [9.17, 15) is 9.59 Å². The number of nitrogens with one attached hydrogen (secondary N) is 2. The van der Waals surface area contributed by atoms with Crippen LogP contribution in [0.15, 0.2) is 0 Å². The van der Waals surface area contributed by atoms with Gasteiger partial charge in [0.25, 0.3) is 0 Å². The quantitative estimate of drug-likeness (QED) is 0.610. The summed E-state index contributed by atoms with van der Waals surface area (Å²) in [7, 11) is 0. The fourth-order valence-electron chi connectivity index (χ4n) is 1.78. The molecule has 0 aliphatic carbocycles. The van der Waals surface area contributed by atoms with Gasteiger partial charge in [0.15, 0.2) is 0 Å². The van der Waals surface area contributed by atoms with Gasteiger partial charge < -0.3 is 15.8 Å². The van der Waals surface area contributed by atoms with Gasteiger partial charge in [-0.25, -0.2) is 4.79 Å². The molecule has 1 rings (SSSR count). The van der Waals surface area contributed by atoms with Crippen molar-refractivity contribution in [2.45, 2.75) is 32.4 Å². The van der Waals surface area contributed by atoms with Crippen molar-refractivity contribution >= 4 is 11.9 Å². The fourth-order valence-corrected chi connectivity index (χ4v) is 1.78. The molecule has 0 aromatic rings. The second-order valence-corrected chi connectivity index (χ2v) is 4.15. The summed E-state index contributed by atoms with van der Waals surface area (Å²) in [5.41, 5.74) is 4.87. The molecule has 1 heterocycles. The Morgan fingerprint density at radius 2 is 2.12 bits per heavy atom. The SMILES string of the molecule is CC(NC(C)C1CCOC1)C(=O)NC(N)=O. The van der Waals surface area contributed by atoms with E-state index in [0.717, 1.165) is 19.6 Å².